The van der Waals surface area contributed by atoms with Crippen LogP contribution in [0.3, 0.4) is 0 Å². The van der Waals surface area contributed by atoms with Gasteiger partial charge in [-0.2, -0.15) is 0 Å². The van der Waals surface area contributed by atoms with Gasteiger partial charge in [0.25, 0.3) is 11.8 Å². The average Bonchev–Trinajstić information content (AvgIpc) is 2.71. The van der Waals surface area contributed by atoms with Crippen LogP contribution in [0.15, 0.2) is 42.5 Å². The van der Waals surface area contributed by atoms with Crippen molar-refractivity contribution in [3.63, 3.8) is 0 Å². The van der Waals surface area contributed by atoms with E-state index >= 15 is 0 Å². The first kappa shape index (κ1) is 19.7. The predicted molar refractivity (Wildman–Crippen MR) is 109 cm³/mol. The molecule has 1 N–H and O–H groups in total. The minimum Gasteiger partial charge on any atom is -0.485 e. The Balaban J connectivity index is 1.46. The van der Waals surface area contributed by atoms with Gasteiger partial charge in [-0.1, -0.05) is 30.3 Å². The number of ether oxygens (including phenoxy) is 2. The second kappa shape index (κ2) is 7.34. The molecule has 1 saturated carbocycles. The molecule has 29 heavy (non-hydrogen) atoms. The minimum absolute atomic E-state index is 0.0660. The molecule has 2 aromatic rings. The molecule has 0 spiro atoms. The zero-order valence-corrected chi connectivity index (χ0v) is 17.2. The number of nitrogens with zero attached hydrogens (tertiary/aromatic N) is 2. The fourth-order valence-corrected chi connectivity index (χ4v) is 4.43. The fourth-order valence-electron chi connectivity index (χ4n) is 4.43. The number of pyridine rings is 1. The lowest BCUT2D eigenvalue weighted by Gasteiger charge is -2.57. The number of methoxy groups -OCH3 is 1. The summed E-state index contributed by atoms with van der Waals surface area (Å²) in [5.41, 5.74) is 0.999. The Morgan fingerprint density at radius 2 is 1.97 bits per heavy atom. The van der Waals surface area contributed by atoms with Crippen molar-refractivity contribution in [3.8, 4) is 11.6 Å². The summed E-state index contributed by atoms with van der Waals surface area (Å²) in [6.07, 6.45) is 2.99. The van der Waals surface area contributed by atoms with Crippen LogP contribution in [0.5, 0.6) is 11.6 Å². The zero-order chi connectivity index (χ0) is 20.6. The summed E-state index contributed by atoms with van der Waals surface area (Å²) in [5, 5.41) is 9.85. The molecule has 0 radical (unpaired) electrons. The number of hydrogen-bond donors (Lipinski definition) is 1. The first-order valence-electron chi connectivity index (χ1n) is 10.1. The molecule has 5 rings (SSSR count). The number of piperidine rings is 2. The fraction of sp³-hybridized carbons (Fsp3) is 0.478. The number of aromatic nitrogens is 1. The quantitative estimate of drug-likeness (QED) is 0.812. The topological polar surface area (TPSA) is 71.9 Å². The molecule has 6 nitrogen and oxygen atoms in total. The maximum atomic E-state index is 13.1. The first-order valence-corrected chi connectivity index (χ1v) is 10.1. The van der Waals surface area contributed by atoms with Crippen LogP contribution in [0.25, 0.3) is 0 Å². The smallest absolute Gasteiger partial charge is 0.272 e. The van der Waals surface area contributed by atoms with Gasteiger partial charge >= 0.3 is 0 Å². The number of aliphatic hydroxyl groups is 1. The summed E-state index contributed by atoms with van der Waals surface area (Å²) >= 11 is 0. The summed E-state index contributed by atoms with van der Waals surface area (Å²) in [7, 11) is 1.49. The zero-order valence-electron chi connectivity index (χ0n) is 17.2. The van der Waals surface area contributed by atoms with Crippen molar-refractivity contribution in [1.29, 1.82) is 0 Å². The van der Waals surface area contributed by atoms with E-state index in [-0.39, 0.29) is 29.9 Å². The maximum Gasteiger partial charge on any atom is 0.272 e. The molecule has 1 aliphatic carbocycles. The minimum atomic E-state index is -0.969. The van der Waals surface area contributed by atoms with E-state index in [0.717, 1.165) is 25.8 Å². The van der Waals surface area contributed by atoms with Crippen LogP contribution in [-0.4, -0.2) is 52.8 Å². The number of carbonyl (C=O) groups excluding carboxylic acids is 1. The van der Waals surface area contributed by atoms with Crippen LogP contribution in [0.2, 0.25) is 0 Å². The third kappa shape index (κ3) is 3.81. The van der Waals surface area contributed by atoms with E-state index in [4.69, 9.17) is 9.47 Å². The number of carbonyl (C=O) groups is 1. The number of hydrogen-bond acceptors (Lipinski definition) is 5. The molecule has 3 heterocycles. The third-order valence-corrected chi connectivity index (χ3v) is 5.99. The van der Waals surface area contributed by atoms with Crippen molar-refractivity contribution < 1.29 is 19.4 Å². The molecular weight excluding hydrogens is 368 g/mol. The predicted octanol–water partition coefficient (Wildman–Crippen LogP) is 3.19. The van der Waals surface area contributed by atoms with Gasteiger partial charge in [0.1, 0.15) is 12.3 Å². The number of benzene rings is 1. The van der Waals surface area contributed by atoms with Gasteiger partial charge in [-0.25, -0.2) is 4.98 Å². The summed E-state index contributed by atoms with van der Waals surface area (Å²) in [6, 6.07) is 14.2. The van der Waals surface area contributed by atoms with E-state index in [2.05, 4.69) is 29.2 Å². The Labute approximate surface area is 171 Å². The average molecular weight is 396 g/mol. The molecule has 6 heteroatoms. The summed E-state index contributed by atoms with van der Waals surface area (Å²) in [5.74, 6) is 0.601. The van der Waals surface area contributed by atoms with Crippen LogP contribution < -0.4 is 9.47 Å². The Bertz CT molecular complexity index is 880. The van der Waals surface area contributed by atoms with Crippen molar-refractivity contribution in [2.45, 2.75) is 50.2 Å². The molecular formula is C23H28N2O4. The van der Waals surface area contributed by atoms with Gasteiger partial charge in [0.2, 0.25) is 0 Å². The summed E-state index contributed by atoms with van der Waals surface area (Å²) < 4.78 is 10.9. The molecule has 1 aromatic carbocycles. The molecule has 3 fully saturated rings. The second-order valence-electron chi connectivity index (χ2n) is 8.76. The molecule has 154 valence electrons. The summed E-state index contributed by atoms with van der Waals surface area (Å²) in [6.45, 7) is 4.16. The van der Waals surface area contributed by atoms with Gasteiger partial charge in [0, 0.05) is 18.0 Å². The largest absolute Gasteiger partial charge is 0.485 e. The standard InChI is InChI=1S/C23H28N2O4/c1-22(2,27)15-29-19-10-9-18(24-20(19)28-3)21(26)25-12-11-23(13-17(25)14-23)16-7-5-4-6-8-16/h4-10,17,27H,11-15H2,1-3H3. The molecule has 0 unspecified atom stereocenters. The van der Waals surface area contributed by atoms with E-state index in [1.807, 2.05) is 11.0 Å². The summed E-state index contributed by atoms with van der Waals surface area (Å²) in [4.78, 5) is 19.4. The van der Waals surface area contributed by atoms with Crippen LogP contribution in [-0.2, 0) is 5.41 Å². The van der Waals surface area contributed by atoms with E-state index < -0.39 is 5.60 Å². The van der Waals surface area contributed by atoms with Crippen molar-refractivity contribution in [2.75, 3.05) is 20.3 Å². The molecule has 1 aromatic heterocycles. The highest BCUT2D eigenvalue weighted by molar-refractivity contribution is 5.93. The van der Waals surface area contributed by atoms with E-state index in [1.165, 1.54) is 12.7 Å². The Morgan fingerprint density at radius 1 is 1.24 bits per heavy atom. The Morgan fingerprint density at radius 3 is 2.55 bits per heavy atom. The van der Waals surface area contributed by atoms with Gasteiger partial charge in [0.05, 0.1) is 12.7 Å². The van der Waals surface area contributed by atoms with Crippen molar-refractivity contribution >= 4 is 5.91 Å². The maximum absolute atomic E-state index is 13.1. The molecule has 3 aliphatic rings. The van der Waals surface area contributed by atoms with Crippen LogP contribution in [0.1, 0.15) is 49.2 Å². The van der Waals surface area contributed by atoms with Crippen LogP contribution in [0.4, 0.5) is 0 Å². The van der Waals surface area contributed by atoms with Gasteiger partial charge in [-0.3, -0.25) is 4.79 Å². The molecule has 2 saturated heterocycles. The molecule has 0 atom stereocenters. The number of fused-ring (bicyclic) bond motifs is 2. The van der Waals surface area contributed by atoms with Gasteiger partial charge in [0.15, 0.2) is 5.75 Å². The van der Waals surface area contributed by atoms with Crippen molar-refractivity contribution in [2.24, 2.45) is 0 Å². The monoisotopic (exact) mass is 396 g/mol. The molecule has 2 aliphatic heterocycles. The lowest BCUT2D eigenvalue weighted by Crippen LogP contribution is -2.61. The van der Waals surface area contributed by atoms with Crippen molar-refractivity contribution in [3.05, 3.63) is 53.7 Å². The van der Waals surface area contributed by atoms with Gasteiger partial charge in [-0.05, 0) is 50.8 Å². The molecule has 1 amide bonds. The highest BCUT2D eigenvalue weighted by Gasteiger charge is 2.52. The van der Waals surface area contributed by atoms with Gasteiger partial charge in [-0.15, -0.1) is 0 Å². The lowest BCUT2D eigenvalue weighted by molar-refractivity contribution is -0.00480. The lowest BCUT2D eigenvalue weighted by atomic mass is 9.57. The SMILES string of the molecule is COc1nc(C(=O)N2CCC3(c4ccccc4)CC2C3)ccc1OCC(C)(C)O. The Hall–Kier alpha value is -2.60. The second-order valence-corrected chi connectivity index (χ2v) is 8.76. The van der Waals surface area contributed by atoms with Crippen LogP contribution >= 0.6 is 0 Å². The van der Waals surface area contributed by atoms with Crippen molar-refractivity contribution in [1.82, 2.24) is 9.88 Å². The third-order valence-electron chi connectivity index (χ3n) is 5.99. The highest BCUT2D eigenvalue weighted by Crippen LogP contribution is 2.52. The number of rotatable bonds is 6. The van der Waals surface area contributed by atoms with Crippen LogP contribution in [0, 0.1) is 0 Å². The number of amides is 1. The Kier molecular flexibility index (Phi) is 4.99. The van der Waals surface area contributed by atoms with E-state index in [0.29, 0.717) is 11.4 Å². The first-order chi connectivity index (χ1) is 13.8. The highest BCUT2D eigenvalue weighted by atomic mass is 16.5. The normalized spacial score (nSPS) is 23.3. The van der Waals surface area contributed by atoms with E-state index in [1.54, 1.807) is 26.0 Å². The van der Waals surface area contributed by atoms with E-state index in [9.17, 15) is 9.90 Å². The molecule has 2 bridgehead atoms. The van der Waals surface area contributed by atoms with Gasteiger partial charge < -0.3 is 19.5 Å².